The molecule has 2 amide bonds. The van der Waals surface area contributed by atoms with Gasteiger partial charge in [0.1, 0.15) is 5.75 Å². The zero-order valence-electron chi connectivity index (χ0n) is 9.45. The first-order chi connectivity index (χ1) is 8.58. The molecule has 0 saturated heterocycles. The molecule has 1 aromatic carbocycles. The molecule has 0 N–H and O–H groups in total. The Morgan fingerprint density at radius 3 is 2.44 bits per heavy atom. The normalized spacial score (nSPS) is 14.5. The van der Waals surface area contributed by atoms with Gasteiger partial charge in [-0.25, -0.2) is 4.79 Å². The molecule has 1 heterocycles. The van der Waals surface area contributed by atoms with Crippen LogP contribution in [-0.4, -0.2) is 22.8 Å². The molecule has 6 heteroatoms. The number of para-hydroxylation sites is 1. The minimum atomic E-state index is -0.806. The van der Waals surface area contributed by atoms with Gasteiger partial charge in [-0.15, -0.1) is 0 Å². The van der Waals surface area contributed by atoms with Crippen molar-refractivity contribution in [3.8, 4) is 5.75 Å². The lowest BCUT2D eigenvalue weighted by atomic mass is 10.3. The Morgan fingerprint density at radius 2 is 1.83 bits per heavy atom. The van der Waals surface area contributed by atoms with Gasteiger partial charge < -0.3 is 9.57 Å². The highest BCUT2D eigenvalue weighted by Gasteiger charge is 2.36. The van der Waals surface area contributed by atoms with Crippen molar-refractivity contribution in [1.82, 2.24) is 5.06 Å². The van der Waals surface area contributed by atoms with Crippen LogP contribution in [0.3, 0.4) is 0 Å². The van der Waals surface area contributed by atoms with Crippen LogP contribution in [0.4, 0.5) is 0 Å². The number of amides is 2. The van der Waals surface area contributed by atoms with E-state index in [1.54, 1.807) is 30.3 Å². The molecular weight excluding hydrogens is 238 g/mol. The zero-order valence-corrected chi connectivity index (χ0v) is 9.45. The average Bonchev–Trinajstić information content (AvgIpc) is 2.58. The van der Waals surface area contributed by atoms with E-state index in [0.717, 1.165) is 13.0 Å². The highest BCUT2D eigenvalue weighted by molar-refractivity contribution is 6.14. The summed E-state index contributed by atoms with van der Waals surface area (Å²) in [6, 6.07) is 8.50. The molecule has 1 aliphatic heterocycles. The minimum absolute atomic E-state index is 0.188. The topological polar surface area (TPSA) is 72.9 Å². The van der Waals surface area contributed by atoms with E-state index in [0.29, 0.717) is 10.8 Å². The monoisotopic (exact) mass is 247 g/mol. The smallest absolute Gasteiger partial charge is 0.330 e. The van der Waals surface area contributed by atoms with Crippen molar-refractivity contribution < 1.29 is 24.0 Å². The van der Waals surface area contributed by atoms with Crippen LogP contribution in [0.5, 0.6) is 5.75 Å². The summed E-state index contributed by atoms with van der Waals surface area (Å²) in [6.07, 6.45) is 0.971. The number of rotatable bonds is 3. The van der Waals surface area contributed by atoms with Crippen molar-refractivity contribution in [2.45, 2.75) is 6.92 Å². The zero-order chi connectivity index (χ0) is 13.1. The maximum Gasteiger partial charge on any atom is 0.330 e. The standard InChI is InChI=1S/C12H9NO5/c1-8(14)18-13-11(15)7-10(12(13)16)17-9-5-3-2-4-6-9/h2-7H,1H3. The molecule has 2 rings (SSSR count). The third kappa shape index (κ3) is 2.37. The first-order valence-corrected chi connectivity index (χ1v) is 5.09. The number of carbonyl (C=O) groups excluding carboxylic acids is 3. The second kappa shape index (κ2) is 4.70. The van der Waals surface area contributed by atoms with Gasteiger partial charge in [0.05, 0.1) is 6.08 Å². The fourth-order valence-corrected chi connectivity index (χ4v) is 1.34. The number of hydrogen-bond acceptors (Lipinski definition) is 5. The van der Waals surface area contributed by atoms with E-state index in [1.807, 2.05) is 0 Å². The second-order valence-electron chi connectivity index (χ2n) is 3.44. The van der Waals surface area contributed by atoms with Gasteiger partial charge in [0.25, 0.3) is 5.91 Å². The van der Waals surface area contributed by atoms with Gasteiger partial charge in [-0.2, -0.15) is 0 Å². The lowest BCUT2D eigenvalue weighted by Gasteiger charge is -2.11. The molecule has 0 aliphatic carbocycles. The molecule has 0 fully saturated rings. The summed E-state index contributed by atoms with van der Waals surface area (Å²) < 4.78 is 5.23. The highest BCUT2D eigenvalue weighted by atomic mass is 16.7. The molecule has 6 nitrogen and oxygen atoms in total. The first kappa shape index (κ1) is 11.8. The summed E-state index contributed by atoms with van der Waals surface area (Å²) in [5.41, 5.74) is 0. The van der Waals surface area contributed by atoms with Crippen molar-refractivity contribution in [1.29, 1.82) is 0 Å². The van der Waals surface area contributed by atoms with E-state index in [2.05, 4.69) is 4.84 Å². The summed E-state index contributed by atoms with van der Waals surface area (Å²) >= 11 is 0. The van der Waals surface area contributed by atoms with Gasteiger partial charge in [0, 0.05) is 6.92 Å². The minimum Gasteiger partial charge on any atom is -0.451 e. The lowest BCUT2D eigenvalue weighted by molar-refractivity contribution is -0.195. The third-order valence-corrected chi connectivity index (χ3v) is 2.04. The van der Waals surface area contributed by atoms with E-state index in [4.69, 9.17) is 4.74 Å². The molecule has 0 bridgehead atoms. The summed E-state index contributed by atoms with van der Waals surface area (Å²) in [6.45, 7) is 1.09. The maximum absolute atomic E-state index is 11.7. The summed E-state index contributed by atoms with van der Waals surface area (Å²) in [7, 11) is 0. The SMILES string of the molecule is CC(=O)ON1C(=O)C=C(Oc2ccccc2)C1=O. The number of hydrogen-bond donors (Lipinski definition) is 0. The van der Waals surface area contributed by atoms with Crippen molar-refractivity contribution in [2.75, 3.05) is 0 Å². The van der Waals surface area contributed by atoms with Crippen LogP contribution in [0.15, 0.2) is 42.2 Å². The quantitative estimate of drug-likeness (QED) is 0.738. The molecule has 0 spiro atoms. The van der Waals surface area contributed by atoms with Crippen LogP contribution in [0.1, 0.15) is 6.92 Å². The van der Waals surface area contributed by atoms with Gasteiger partial charge in [-0.1, -0.05) is 23.3 Å². The number of ether oxygens (including phenoxy) is 1. The Hall–Kier alpha value is -2.63. The van der Waals surface area contributed by atoms with Crippen molar-refractivity contribution >= 4 is 17.8 Å². The Labute approximate surface area is 102 Å². The van der Waals surface area contributed by atoms with Crippen molar-refractivity contribution in [2.24, 2.45) is 0 Å². The molecule has 0 saturated carbocycles. The number of nitrogens with zero attached hydrogens (tertiary/aromatic N) is 1. The summed E-state index contributed by atoms with van der Waals surface area (Å²) in [4.78, 5) is 38.3. The molecule has 0 aromatic heterocycles. The molecule has 92 valence electrons. The van der Waals surface area contributed by atoms with Crippen LogP contribution in [0, 0.1) is 0 Å². The molecule has 0 unspecified atom stereocenters. The fraction of sp³-hybridized carbons (Fsp3) is 0.0833. The van der Waals surface area contributed by atoms with Gasteiger partial charge in [0.15, 0.2) is 0 Å². The fourth-order valence-electron chi connectivity index (χ4n) is 1.34. The average molecular weight is 247 g/mol. The Morgan fingerprint density at radius 1 is 1.17 bits per heavy atom. The lowest BCUT2D eigenvalue weighted by Crippen LogP contribution is -2.33. The van der Waals surface area contributed by atoms with Crippen LogP contribution >= 0.6 is 0 Å². The highest BCUT2D eigenvalue weighted by Crippen LogP contribution is 2.19. The van der Waals surface area contributed by atoms with E-state index in [1.165, 1.54) is 0 Å². The van der Waals surface area contributed by atoms with E-state index < -0.39 is 17.8 Å². The number of benzene rings is 1. The van der Waals surface area contributed by atoms with Crippen LogP contribution < -0.4 is 4.74 Å². The van der Waals surface area contributed by atoms with Crippen LogP contribution in [0.2, 0.25) is 0 Å². The number of hydroxylamine groups is 2. The molecule has 0 radical (unpaired) electrons. The first-order valence-electron chi connectivity index (χ1n) is 5.09. The van der Waals surface area contributed by atoms with Crippen molar-refractivity contribution in [3.63, 3.8) is 0 Å². The van der Waals surface area contributed by atoms with E-state index in [-0.39, 0.29) is 5.76 Å². The molecular formula is C12H9NO5. The predicted octanol–water partition coefficient (Wildman–Crippen LogP) is 0.796. The van der Waals surface area contributed by atoms with Crippen LogP contribution in [0.25, 0.3) is 0 Å². The van der Waals surface area contributed by atoms with Gasteiger partial charge in [-0.05, 0) is 12.1 Å². The Balaban J connectivity index is 2.12. The van der Waals surface area contributed by atoms with Gasteiger partial charge in [-0.3, -0.25) is 9.59 Å². The summed E-state index contributed by atoms with van der Waals surface area (Å²) in [5.74, 6) is -2.09. The van der Waals surface area contributed by atoms with Crippen molar-refractivity contribution in [3.05, 3.63) is 42.2 Å². The summed E-state index contributed by atoms with van der Waals surface area (Å²) in [5, 5.41) is 0.362. The molecule has 1 aliphatic rings. The van der Waals surface area contributed by atoms with E-state index in [9.17, 15) is 14.4 Å². The second-order valence-corrected chi connectivity index (χ2v) is 3.44. The molecule has 0 atom stereocenters. The van der Waals surface area contributed by atoms with Gasteiger partial charge >= 0.3 is 11.9 Å². The third-order valence-electron chi connectivity index (χ3n) is 2.04. The van der Waals surface area contributed by atoms with Crippen LogP contribution in [-0.2, 0) is 19.2 Å². The number of carbonyl (C=O) groups is 3. The predicted molar refractivity (Wildman–Crippen MR) is 58.8 cm³/mol. The Kier molecular flexibility index (Phi) is 3.09. The molecule has 1 aromatic rings. The van der Waals surface area contributed by atoms with E-state index >= 15 is 0 Å². The Bertz CT molecular complexity index is 535. The molecule has 18 heavy (non-hydrogen) atoms. The largest absolute Gasteiger partial charge is 0.451 e. The maximum atomic E-state index is 11.7. The number of imide groups is 1. The van der Waals surface area contributed by atoms with Gasteiger partial charge in [0.2, 0.25) is 5.76 Å².